The highest BCUT2D eigenvalue weighted by Gasteiger charge is 2.15. The van der Waals surface area contributed by atoms with Crippen LogP contribution in [0.1, 0.15) is 12.8 Å². The summed E-state index contributed by atoms with van der Waals surface area (Å²) in [5, 5.41) is 0. The summed E-state index contributed by atoms with van der Waals surface area (Å²) in [5.74, 6) is 0.638. The fourth-order valence-electron chi connectivity index (χ4n) is 1.50. The third-order valence-electron chi connectivity index (χ3n) is 2.08. The molecule has 1 unspecified atom stereocenters. The Labute approximate surface area is 61.2 Å². The number of hydrogen-bond acceptors (Lipinski definition) is 1. The molecule has 1 atom stereocenters. The minimum atomic E-state index is 0.638. The van der Waals surface area contributed by atoms with E-state index >= 15 is 0 Å². The first-order chi connectivity index (χ1) is 4.97. The van der Waals surface area contributed by atoms with E-state index in [1.54, 1.807) is 0 Å². The van der Waals surface area contributed by atoms with Crippen molar-refractivity contribution in [3.63, 3.8) is 0 Å². The second-order valence-electron chi connectivity index (χ2n) is 2.78. The molecule has 10 heavy (non-hydrogen) atoms. The zero-order chi connectivity index (χ0) is 6.81. The first kappa shape index (κ1) is 5.90. The van der Waals surface area contributed by atoms with E-state index in [1.165, 1.54) is 5.71 Å². The summed E-state index contributed by atoms with van der Waals surface area (Å²) in [6, 6.07) is 0. The van der Waals surface area contributed by atoms with Gasteiger partial charge in [-0.25, -0.2) is 0 Å². The lowest BCUT2D eigenvalue weighted by molar-refractivity contribution is 0.816. The van der Waals surface area contributed by atoms with E-state index in [-0.39, 0.29) is 0 Å². The molecule has 0 spiro atoms. The van der Waals surface area contributed by atoms with E-state index in [1.807, 2.05) is 0 Å². The normalized spacial score (nSPS) is 29.6. The highest BCUT2D eigenvalue weighted by atomic mass is 14.7. The summed E-state index contributed by atoms with van der Waals surface area (Å²) < 4.78 is 0. The van der Waals surface area contributed by atoms with Gasteiger partial charge in [-0.1, -0.05) is 24.3 Å². The van der Waals surface area contributed by atoms with E-state index in [0.717, 1.165) is 19.4 Å². The van der Waals surface area contributed by atoms with E-state index in [4.69, 9.17) is 0 Å². The Morgan fingerprint density at radius 2 is 2.30 bits per heavy atom. The first-order valence-corrected chi connectivity index (χ1v) is 3.82. The van der Waals surface area contributed by atoms with Crippen LogP contribution < -0.4 is 0 Å². The van der Waals surface area contributed by atoms with Crippen LogP contribution in [0.15, 0.2) is 29.3 Å². The molecule has 0 saturated heterocycles. The molecule has 0 aromatic heterocycles. The van der Waals surface area contributed by atoms with Gasteiger partial charge in [0.05, 0.1) is 6.54 Å². The fourth-order valence-corrected chi connectivity index (χ4v) is 1.50. The lowest BCUT2D eigenvalue weighted by atomic mass is 9.90. The SMILES string of the molecule is C1=CC2CC=CCC2=NC1. The van der Waals surface area contributed by atoms with Crippen molar-refractivity contribution in [1.82, 2.24) is 0 Å². The molecule has 0 aromatic rings. The van der Waals surface area contributed by atoms with Gasteiger partial charge in [0.15, 0.2) is 0 Å². The summed E-state index contributed by atoms with van der Waals surface area (Å²) in [4.78, 5) is 4.43. The lowest BCUT2D eigenvalue weighted by Gasteiger charge is -2.19. The summed E-state index contributed by atoms with van der Waals surface area (Å²) >= 11 is 0. The van der Waals surface area contributed by atoms with Crippen molar-refractivity contribution in [1.29, 1.82) is 0 Å². The largest absolute Gasteiger partial charge is 0.289 e. The van der Waals surface area contributed by atoms with Crippen LogP contribution in [0.3, 0.4) is 0 Å². The predicted octanol–water partition coefficient (Wildman–Crippen LogP) is 1.96. The lowest BCUT2D eigenvalue weighted by Crippen LogP contribution is -2.17. The first-order valence-electron chi connectivity index (χ1n) is 3.82. The number of allylic oxidation sites excluding steroid dienone is 3. The van der Waals surface area contributed by atoms with Gasteiger partial charge in [-0.3, -0.25) is 4.99 Å². The number of fused-ring (bicyclic) bond motifs is 1. The van der Waals surface area contributed by atoms with Crippen LogP contribution >= 0.6 is 0 Å². The topological polar surface area (TPSA) is 12.4 Å². The number of rotatable bonds is 0. The molecule has 0 amide bonds. The molecule has 52 valence electrons. The molecule has 2 rings (SSSR count). The Hall–Kier alpha value is -0.850. The third-order valence-corrected chi connectivity index (χ3v) is 2.08. The second-order valence-corrected chi connectivity index (χ2v) is 2.78. The molecule has 0 aromatic carbocycles. The van der Waals surface area contributed by atoms with Crippen LogP contribution in [0.2, 0.25) is 0 Å². The summed E-state index contributed by atoms with van der Waals surface area (Å²) in [7, 11) is 0. The van der Waals surface area contributed by atoms with Crippen molar-refractivity contribution in [3.05, 3.63) is 24.3 Å². The fraction of sp³-hybridized carbons (Fsp3) is 0.444. The summed E-state index contributed by atoms with van der Waals surface area (Å²) in [6.07, 6.45) is 11.2. The molecule has 1 nitrogen and oxygen atoms in total. The molecule has 1 heterocycles. The predicted molar refractivity (Wildman–Crippen MR) is 43.3 cm³/mol. The van der Waals surface area contributed by atoms with Gasteiger partial charge in [-0.15, -0.1) is 0 Å². The van der Waals surface area contributed by atoms with Gasteiger partial charge in [0, 0.05) is 18.1 Å². The van der Waals surface area contributed by atoms with Crippen molar-refractivity contribution in [2.75, 3.05) is 6.54 Å². The van der Waals surface area contributed by atoms with Gasteiger partial charge in [-0.05, 0) is 6.42 Å². The Morgan fingerprint density at radius 1 is 1.30 bits per heavy atom. The maximum Gasteiger partial charge on any atom is 0.0570 e. The number of nitrogens with zero attached hydrogens (tertiary/aromatic N) is 1. The summed E-state index contributed by atoms with van der Waals surface area (Å²) in [5.41, 5.74) is 1.38. The molecule has 1 aliphatic carbocycles. The number of dihydropyridines is 1. The number of aliphatic imine (C=N–C) groups is 1. The molecule has 0 bridgehead atoms. The second kappa shape index (κ2) is 2.41. The van der Waals surface area contributed by atoms with Gasteiger partial charge in [0.2, 0.25) is 0 Å². The zero-order valence-corrected chi connectivity index (χ0v) is 5.96. The van der Waals surface area contributed by atoms with Crippen LogP contribution in [0.5, 0.6) is 0 Å². The molecule has 0 radical (unpaired) electrons. The molecule has 1 heteroatoms. The van der Waals surface area contributed by atoms with Crippen molar-refractivity contribution >= 4 is 5.71 Å². The van der Waals surface area contributed by atoms with Crippen LogP contribution in [-0.4, -0.2) is 12.3 Å². The Balaban J connectivity index is 2.23. The van der Waals surface area contributed by atoms with Crippen molar-refractivity contribution < 1.29 is 0 Å². The van der Waals surface area contributed by atoms with Crippen molar-refractivity contribution in [3.8, 4) is 0 Å². The van der Waals surface area contributed by atoms with E-state index < -0.39 is 0 Å². The van der Waals surface area contributed by atoms with E-state index in [0.29, 0.717) is 5.92 Å². The smallest absolute Gasteiger partial charge is 0.0570 e. The van der Waals surface area contributed by atoms with E-state index in [2.05, 4.69) is 29.3 Å². The minimum absolute atomic E-state index is 0.638. The van der Waals surface area contributed by atoms with Gasteiger partial charge >= 0.3 is 0 Å². The van der Waals surface area contributed by atoms with Gasteiger partial charge in [0.1, 0.15) is 0 Å². The quantitative estimate of drug-likeness (QED) is 0.448. The van der Waals surface area contributed by atoms with E-state index in [9.17, 15) is 0 Å². The molecule has 0 fully saturated rings. The highest BCUT2D eigenvalue weighted by Crippen LogP contribution is 2.19. The third kappa shape index (κ3) is 0.919. The maximum atomic E-state index is 4.43. The molecule has 2 aliphatic rings. The van der Waals surface area contributed by atoms with Crippen LogP contribution in [0, 0.1) is 5.92 Å². The highest BCUT2D eigenvalue weighted by molar-refractivity contribution is 5.91. The summed E-state index contributed by atoms with van der Waals surface area (Å²) in [6.45, 7) is 0.902. The van der Waals surface area contributed by atoms with Crippen molar-refractivity contribution in [2.24, 2.45) is 10.9 Å². The average molecular weight is 133 g/mol. The Kier molecular flexibility index (Phi) is 1.42. The zero-order valence-electron chi connectivity index (χ0n) is 5.96. The van der Waals surface area contributed by atoms with Gasteiger partial charge in [-0.2, -0.15) is 0 Å². The molecular weight excluding hydrogens is 122 g/mol. The standard InChI is InChI=1S/C9H11N/c1-2-6-9-8(4-1)5-3-7-10-9/h1-3,5,8H,4,6-7H2. The minimum Gasteiger partial charge on any atom is -0.289 e. The Bertz CT molecular complexity index is 211. The Morgan fingerprint density at radius 3 is 3.20 bits per heavy atom. The average Bonchev–Trinajstić information content (AvgIpc) is 2.05. The monoisotopic (exact) mass is 133 g/mol. The molecule has 1 aliphatic heterocycles. The van der Waals surface area contributed by atoms with Gasteiger partial charge in [0.25, 0.3) is 0 Å². The maximum absolute atomic E-state index is 4.43. The number of hydrogen-bond donors (Lipinski definition) is 0. The van der Waals surface area contributed by atoms with Crippen LogP contribution in [-0.2, 0) is 0 Å². The molecule has 0 saturated carbocycles. The van der Waals surface area contributed by atoms with Gasteiger partial charge < -0.3 is 0 Å². The molecule has 0 N–H and O–H groups in total. The van der Waals surface area contributed by atoms with Crippen molar-refractivity contribution in [2.45, 2.75) is 12.8 Å². The molecular formula is C9H11N. The van der Waals surface area contributed by atoms with Crippen LogP contribution in [0.25, 0.3) is 0 Å². The van der Waals surface area contributed by atoms with Crippen LogP contribution in [0.4, 0.5) is 0 Å².